The van der Waals surface area contributed by atoms with Gasteiger partial charge in [-0.05, 0) is 17.2 Å². The van der Waals surface area contributed by atoms with Gasteiger partial charge in [-0.25, -0.2) is 8.42 Å². The van der Waals surface area contributed by atoms with Crippen LogP contribution in [0.5, 0.6) is 0 Å². The monoisotopic (exact) mass is 357 g/mol. The molecule has 0 atom stereocenters. The van der Waals surface area contributed by atoms with Gasteiger partial charge in [0, 0.05) is 24.6 Å². The van der Waals surface area contributed by atoms with E-state index in [1.165, 1.54) is 16.8 Å². The molecule has 24 heavy (non-hydrogen) atoms. The lowest BCUT2D eigenvalue weighted by molar-refractivity contribution is -0.698. The van der Waals surface area contributed by atoms with E-state index in [4.69, 9.17) is 13.0 Å². The van der Waals surface area contributed by atoms with Crippen LogP contribution in [0.3, 0.4) is 0 Å². The molecule has 0 fully saturated rings. The summed E-state index contributed by atoms with van der Waals surface area (Å²) in [6.07, 6.45) is 5.55. The lowest BCUT2D eigenvalue weighted by atomic mass is 9.99. The number of pyridine rings is 1. The Morgan fingerprint density at radius 1 is 1.00 bits per heavy atom. The van der Waals surface area contributed by atoms with Gasteiger partial charge in [0.1, 0.15) is 0 Å². The van der Waals surface area contributed by atoms with Crippen molar-refractivity contribution in [3.63, 3.8) is 0 Å². The molecule has 0 saturated carbocycles. The Morgan fingerprint density at radius 3 is 2.17 bits per heavy atom. The summed E-state index contributed by atoms with van der Waals surface area (Å²) in [5, 5.41) is 0. The molecule has 0 saturated heterocycles. The Bertz CT molecular complexity index is 831. The fourth-order valence-corrected chi connectivity index (χ4v) is 2.20. The standard InChI is InChI=1S/C15H14N.CHF3O3S/c1-2-6-13(7-3-1)14-9-11-16-10-5-4-8-15(16)12-14;2-1(3,4)8(5,6)7/h1-8,10,12H,9,11H2;(H,5,6,7)/q+1;/p-1. The van der Waals surface area contributed by atoms with Crippen LogP contribution in [0.2, 0.25) is 0 Å². The fraction of sp³-hybridized carbons (Fsp3) is 0.188. The topological polar surface area (TPSA) is 61.1 Å². The van der Waals surface area contributed by atoms with Crippen LogP contribution in [-0.4, -0.2) is 18.5 Å². The lowest BCUT2D eigenvalue weighted by Crippen LogP contribution is -2.38. The number of rotatable bonds is 1. The first-order valence-corrected chi connectivity index (χ1v) is 8.36. The van der Waals surface area contributed by atoms with Gasteiger partial charge in [0.2, 0.25) is 5.69 Å². The summed E-state index contributed by atoms with van der Waals surface area (Å²) in [7, 11) is -6.09. The molecule has 0 spiro atoms. The number of benzene rings is 1. The summed E-state index contributed by atoms with van der Waals surface area (Å²) in [6.45, 7) is 1.08. The van der Waals surface area contributed by atoms with Crippen molar-refractivity contribution in [2.24, 2.45) is 0 Å². The molecule has 1 aliphatic rings. The number of aromatic nitrogens is 1. The zero-order chi connectivity index (χ0) is 17.8. The van der Waals surface area contributed by atoms with E-state index >= 15 is 0 Å². The van der Waals surface area contributed by atoms with Gasteiger partial charge in [0.15, 0.2) is 22.9 Å². The molecule has 3 rings (SSSR count). The third-order valence-electron chi connectivity index (χ3n) is 3.35. The first-order chi connectivity index (χ1) is 11.2. The van der Waals surface area contributed by atoms with Gasteiger partial charge >= 0.3 is 5.51 Å². The van der Waals surface area contributed by atoms with Crippen LogP contribution in [0.1, 0.15) is 17.7 Å². The summed E-state index contributed by atoms with van der Waals surface area (Å²) in [6, 6.07) is 17.0. The molecule has 1 aromatic carbocycles. The summed E-state index contributed by atoms with van der Waals surface area (Å²) in [5.41, 5.74) is -1.57. The van der Waals surface area contributed by atoms with Crippen molar-refractivity contribution < 1.29 is 30.7 Å². The molecule has 0 bridgehead atoms. The van der Waals surface area contributed by atoms with Crippen molar-refractivity contribution in [2.75, 3.05) is 0 Å². The van der Waals surface area contributed by atoms with Crippen LogP contribution in [0, 0.1) is 0 Å². The second-order valence-electron chi connectivity index (χ2n) is 5.00. The summed E-state index contributed by atoms with van der Waals surface area (Å²) in [5.74, 6) is 0. The van der Waals surface area contributed by atoms with E-state index in [2.05, 4.69) is 65.4 Å². The van der Waals surface area contributed by atoms with Crippen molar-refractivity contribution in [1.82, 2.24) is 0 Å². The van der Waals surface area contributed by atoms with Crippen LogP contribution in [-0.2, 0) is 16.7 Å². The predicted molar refractivity (Wildman–Crippen MR) is 81.3 cm³/mol. The molecule has 8 heteroatoms. The van der Waals surface area contributed by atoms with Crippen molar-refractivity contribution in [3.8, 4) is 0 Å². The zero-order valence-electron chi connectivity index (χ0n) is 12.4. The minimum Gasteiger partial charge on any atom is -0.741 e. The second-order valence-corrected chi connectivity index (χ2v) is 6.38. The molecular weight excluding hydrogens is 343 g/mol. The van der Waals surface area contributed by atoms with Crippen molar-refractivity contribution in [2.45, 2.75) is 18.5 Å². The maximum Gasteiger partial charge on any atom is 0.485 e. The van der Waals surface area contributed by atoms with Crippen molar-refractivity contribution in [1.29, 1.82) is 0 Å². The van der Waals surface area contributed by atoms with Gasteiger partial charge in [0.25, 0.3) is 0 Å². The minimum absolute atomic E-state index is 1.08. The summed E-state index contributed by atoms with van der Waals surface area (Å²) < 4.78 is 61.2. The highest BCUT2D eigenvalue weighted by Gasteiger charge is 2.36. The highest BCUT2D eigenvalue weighted by Crippen LogP contribution is 2.23. The molecule has 0 radical (unpaired) electrons. The third-order valence-corrected chi connectivity index (χ3v) is 3.91. The smallest absolute Gasteiger partial charge is 0.485 e. The van der Waals surface area contributed by atoms with Gasteiger partial charge in [-0.1, -0.05) is 30.3 Å². The van der Waals surface area contributed by atoms with Crippen molar-refractivity contribution >= 4 is 21.8 Å². The highest BCUT2D eigenvalue weighted by atomic mass is 32.2. The maximum atomic E-state index is 10.7. The van der Waals surface area contributed by atoms with Gasteiger partial charge in [-0.15, -0.1) is 0 Å². The van der Waals surface area contributed by atoms with Crippen molar-refractivity contribution in [3.05, 3.63) is 66.0 Å². The zero-order valence-corrected chi connectivity index (χ0v) is 13.2. The summed E-state index contributed by atoms with van der Waals surface area (Å²) in [4.78, 5) is 0. The van der Waals surface area contributed by atoms with Crippen LogP contribution < -0.4 is 4.57 Å². The number of hydrogen-bond acceptors (Lipinski definition) is 3. The quantitative estimate of drug-likeness (QED) is 0.448. The maximum absolute atomic E-state index is 10.7. The molecule has 0 aliphatic carbocycles. The average molecular weight is 357 g/mol. The molecular formula is C16H14F3NO3S. The third kappa shape index (κ3) is 4.65. The Balaban J connectivity index is 0.000000224. The molecule has 0 N–H and O–H groups in total. The predicted octanol–water partition coefficient (Wildman–Crippen LogP) is 2.97. The van der Waals surface area contributed by atoms with Gasteiger partial charge in [-0.3, -0.25) is 0 Å². The van der Waals surface area contributed by atoms with E-state index in [1.54, 1.807) is 0 Å². The highest BCUT2D eigenvalue weighted by molar-refractivity contribution is 7.86. The molecule has 2 aromatic rings. The van der Waals surface area contributed by atoms with E-state index in [1.807, 2.05) is 0 Å². The van der Waals surface area contributed by atoms with Gasteiger partial charge < -0.3 is 4.55 Å². The fourth-order valence-electron chi connectivity index (χ4n) is 2.20. The van der Waals surface area contributed by atoms with Crippen LogP contribution in [0.4, 0.5) is 13.2 Å². The van der Waals surface area contributed by atoms with E-state index in [-0.39, 0.29) is 0 Å². The van der Waals surface area contributed by atoms with E-state index in [0.29, 0.717) is 0 Å². The molecule has 2 heterocycles. The molecule has 0 unspecified atom stereocenters. The second kappa shape index (κ2) is 7.14. The summed E-state index contributed by atoms with van der Waals surface area (Å²) >= 11 is 0. The molecule has 4 nitrogen and oxygen atoms in total. The average Bonchev–Trinajstić information content (AvgIpc) is 2.54. The molecule has 1 aromatic heterocycles. The Hall–Kier alpha value is -2.19. The Morgan fingerprint density at radius 2 is 1.58 bits per heavy atom. The lowest BCUT2D eigenvalue weighted by Gasteiger charge is -2.11. The minimum atomic E-state index is -6.09. The number of halogens is 3. The first-order valence-electron chi connectivity index (χ1n) is 6.95. The molecule has 0 amide bonds. The number of nitrogens with zero attached hydrogens (tertiary/aromatic N) is 1. The number of aryl methyl sites for hydroxylation is 1. The van der Waals surface area contributed by atoms with Gasteiger partial charge in [-0.2, -0.15) is 17.7 Å². The Kier molecular flexibility index (Phi) is 5.40. The molecule has 1 aliphatic heterocycles. The van der Waals surface area contributed by atoms with Gasteiger partial charge in [0.05, 0.1) is 0 Å². The molecule has 128 valence electrons. The van der Waals surface area contributed by atoms with E-state index in [9.17, 15) is 13.2 Å². The number of hydrogen-bond donors (Lipinski definition) is 0. The number of allylic oxidation sites excluding steroid dienone is 1. The number of fused-ring (bicyclic) bond motifs is 1. The van der Waals surface area contributed by atoms with E-state index < -0.39 is 15.6 Å². The first kappa shape index (κ1) is 18.2. The SMILES string of the molecule is C1=C(c2ccccc2)CC[n+]2ccccc21.O=S(=O)([O-])C(F)(F)F. The largest absolute Gasteiger partial charge is 0.741 e. The van der Waals surface area contributed by atoms with Crippen LogP contribution >= 0.6 is 0 Å². The normalized spacial score (nSPS) is 14.1. The van der Waals surface area contributed by atoms with E-state index in [0.717, 1.165) is 13.0 Å². The van der Waals surface area contributed by atoms with Crippen LogP contribution in [0.25, 0.3) is 11.6 Å². The Labute approximate surface area is 137 Å². The van der Waals surface area contributed by atoms with Crippen LogP contribution in [0.15, 0.2) is 54.7 Å². The number of alkyl halides is 3.